The number of rotatable bonds is 0. The van der Waals surface area contributed by atoms with Crippen LogP contribution in [0.5, 0.6) is 17.2 Å². The minimum Gasteiger partial charge on any atom is -0.491 e. The lowest BCUT2D eigenvalue weighted by molar-refractivity contribution is 0.0893. The molecule has 21 heavy (non-hydrogen) atoms. The van der Waals surface area contributed by atoms with E-state index in [4.69, 9.17) is 14.2 Å². The Kier molecular flexibility index (Phi) is 2.13. The van der Waals surface area contributed by atoms with E-state index in [1.165, 1.54) is 11.3 Å². The number of amides is 1. The maximum Gasteiger partial charge on any atom is 0.262 e. The summed E-state index contributed by atoms with van der Waals surface area (Å²) in [6.45, 7) is 0.713. The van der Waals surface area contributed by atoms with Crippen molar-refractivity contribution < 1.29 is 19.0 Å². The maximum absolute atomic E-state index is 12.1. The summed E-state index contributed by atoms with van der Waals surface area (Å²) in [4.78, 5) is 12.9. The predicted molar refractivity (Wildman–Crippen MR) is 75.5 cm³/mol. The second-order valence-corrected chi connectivity index (χ2v) is 6.23. The summed E-state index contributed by atoms with van der Waals surface area (Å²) >= 11 is 1.48. The summed E-state index contributed by atoms with van der Waals surface area (Å²) < 4.78 is 16.7. The lowest BCUT2D eigenvalue weighted by Crippen LogP contribution is -2.49. The molecule has 4 heterocycles. The monoisotopic (exact) mass is 301 g/mol. The van der Waals surface area contributed by atoms with Gasteiger partial charge >= 0.3 is 0 Å². The minimum absolute atomic E-state index is 0.00552. The number of hydrogen-bond donors (Lipinski definition) is 1. The number of carbonyl (C=O) groups excluding carboxylic acids is 1. The van der Waals surface area contributed by atoms with Crippen LogP contribution in [0.15, 0.2) is 23.6 Å². The van der Waals surface area contributed by atoms with E-state index in [0.717, 1.165) is 33.3 Å². The minimum atomic E-state index is -0.0347. The van der Waals surface area contributed by atoms with Crippen LogP contribution in [0.1, 0.15) is 26.7 Å². The molecule has 0 unspecified atom stereocenters. The zero-order valence-electron chi connectivity index (χ0n) is 10.9. The van der Waals surface area contributed by atoms with Crippen molar-refractivity contribution in [2.24, 2.45) is 0 Å². The highest BCUT2D eigenvalue weighted by Gasteiger charge is 2.41. The predicted octanol–water partition coefficient (Wildman–Crippen LogP) is 2.11. The molecule has 5 nitrogen and oxygen atoms in total. The molecule has 0 bridgehead atoms. The first-order chi connectivity index (χ1) is 10.3. The van der Waals surface area contributed by atoms with E-state index in [9.17, 15) is 4.79 Å². The number of fused-ring (bicyclic) bond motifs is 6. The molecule has 3 aliphatic rings. The van der Waals surface area contributed by atoms with Crippen LogP contribution < -0.4 is 19.5 Å². The quantitative estimate of drug-likeness (QED) is 0.810. The van der Waals surface area contributed by atoms with Gasteiger partial charge in [0.2, 0.25) is 6.79 Å². The van der Waals surface area contributed by atoms with E-state index in [1.54, 1.807) is 0 Å². The van der Waals surface area contributed by atoms with Gasteiger partial charge in [0.05, 0.1) is 10.9 Å². The molecule has 0 saturated carbocycles. The third kappa shape index (κ3) is 1.48. The molecular weight excluding hydrogens is 290 g/mol. The Hall–Kier alpha value is -2.21. The van der Waals surface area contributed by atoms with Gasteiger partial charge in [-0.05, 0) is 23.1 Å². The van der Waals surface area contributed by atoms with E-state index < -0.39 is 0 Å². The lowest BCUT2D eigenvalue weighted by Gasteiger charge is -2.37. The Labute approximate surface area is 124 Å². The second-order valence-electron chi connectivity index (χ2n) is 5.32. The summed E-state index contributed by atoms with van der Waals surface area (Å²) in [5.41, 5.74) is 2.13. The van der Waals surface area contributed by atoms with Crippen LogP contribution in [0.4, 0.5) is 0 Å². The van der Waals surface area contributed by atoms with Crippen LogP contribution in [-0.2, 0) is 0 Å². The van der Waals surface area contributed by atoms with Gasteiger partial charge in [-0.15, -0.1) is 11.3 Å². The Bertz CT molecular complexity index is 769. The summed E-state index contributed by atoms with van der Waals surface area (Å²) in [6, 6.07) is 5.87. The first-order valence-electron chi connectivity index (χ1n) is 6.76. The van der Waals surface area contributed by atoms with E-state index in [1.807, 2.05) is 23.6 Å². The van der Waals surface area contributed by atoms with Crippen molar-refractivity contribution in [1.82, 2.24) is 5.32 Å². The van der Waals surface area contributed by atoms with Gasteiger partial charge in [-0.3, -0.25) is 4.79 Å². The number of hydrogen-bond acceptors (Lipinski definition) is 5. The van der Waals surface area contributed by atoms with Gasteiger partial charge in [0.25, 0.3) is 5.91 Å². The largest absolute Gasteiger partial charge is 0.491 e. The SMILES string of the molecule is O=C1N[C@H]2COc3cc4c(cc3[C@@H]2c2ccsc21)OCO4. The van der Waals surface area contributed by atoms with E-state index in [0.29, 0.717) is 6.61 Å². The van der Waals surface area contributed by atoms with Crippen LogP contribution >= 0.6 is 11.3 Å². The van der Waals surface area contributed by atoms with E-state index >= 15 is 0 Å². The molecule has 0 saturated heterocycles. The first-order valence-corrected chi connectivity index (χ1v) is 7.64. The zero-order valence-corrected chi connectivity index (χ0v) is 11.7. The van der Waals surface area contributed by atoms with Gasteiger partial charge in [0.1, 0.15) is 12.4 Å². The number of carbonyl (C=O) groups is 1. The van der Waals surface area contributed by atoms with Crippen LogP contribution in [-0.4, -0.2) is 25.3 Å². The Morgan fingerprint density at radius 3 is 2.86 bits per heavy atom. The van der Waals surface area contributed by atoms with Gasteiger partial charge in [-0.25, -0.2) is 0 Å². The fourth-order valence-corrected chi connectivity index (χ4v) is 4.14. The van der Waals surface area contributed by atoms with Crippen molar-refractivity contribution in [3.8, 4) is 17.2 Å². The summed E-state index contributed by atoms with van der Waals surface area (Å²) in [6.07, 6.45) is 0. The summed E-state index contributed by atoms with van der Waals surface area (Å²) in [5.74, 6) is 2.38. The van der Waals surface area contributed by atoms with Crippen molar-refractivity contribution >= 4 is 17.2 Å². The number of thiophene rings is 1. The summed E-state index contributed by atoms with van der Waals surface area (Å²) in [5, 5.41) is 5.01. The highest BCUT2D eigenvalue weighted by Crippen LogP contribution is 2.48. The number of ether oxygens (including phenoxy) is 3. The number of benzene rings is 1. The van der Waals surface area contributed by atoms with Crippen molar-refractivity contribution in [1.29, 1.82) is 0 Å². The van der Waals surface area contributed by atoms with Gasteiger partial charge in [0, 0.05) is 17.5 Å². The van der Waals surface area contributed by atoms with Crippen molar-refractivity contribution in [3.63, 3.8) is 0 Å². The molecule has 0 spiro atoms. The standard InChI is InChI=1S/C15H11NO4S/c17-15-14-7(1-2-21-14)13-8-3-11-12(20-6-19-11)4-10(8)18-5-9(13)16-15/h1-4,9,13H,5-6H2,(H,16,17)/t9-,13-/m0/s1. The zero-order chi connectivity index (χ0) is 14.0. The van der Waals surface area contributed by atoms with Crippen molar-refractivity contribution in [3.05, 3.63) is 39.6 Å². The molecule has 1 N–H and O–H groups in total. The van der Waals surface area contributed by atoms with Gasteiger partial charge in [-0.2, -0.15) is 0 Å². The molecule has 3 aliphatic heterocycles. The highest BCUT2D eigenvalue weighted by molar-refractivity contribution is 7.12. The van der Waals surface area contributed by atoms with E-state index in [-0.39, 0.29) is 24.7 Å². The van der Waals surface area contributed by atoms with E-state index in [2.05, 4.69) is 5.32 Å². The average molecular weight is 301 g/mol. The normalized spacial score (nSPS) is 24.5. The highest BCUT2D eigenvalue weighted by atomic mass is 32.1. The third-order valence-electron chi connectivity index (χ3n) is 4.21. The Morgan fingerprint density at radius 1 is 1.10 bits per heavy atom. The Balaban J connectivity index is 1.72. The maximum atomic E-state index is 12.1. The molecular formula is C15H11NO4S. The fraction of sp³-hybridized carbons (Fsp3) is 0.267. The van der Waals surface area contributed by atoms with Crippen LogP contribution in [0.2, 0.25) is 0 Å². The first kappa shape index (κ1) is 11.4. The fourth-order valence-electron chi connectivity index (χ4n) is 3.29. The molecule has 6 heteroatoms. The van der Waals surface area contributed by atoms with Crippen LogP contribution in [0.25, 0.3) is 0 Å². The summed E-state index contributed by atoms with van der Waals surface area (Å²) in [7, 11) is 0. The molecule has 2 atom stereocenters. The lowest BCUT2D eigenvalue weighted by atomic mass is 9.81. The molecule has 0 aliphatic carbocycles. The molecule has 106 valence electrons. The Morgan fingerprint density at radius 2 is 1.95 bits per heavy atom. The molecule has 1 amide bonds. The topological polar surface area (TPSA) is 56.8 Å². The van der Waals surface area contributed by atoms with Crippen LogP contribution in [0.3, 0.4) is 0 Å². The van der Waals surface area contributed by atoms with Crippen LogP contribution in [0, 0.1) is 0 Å². The van der Waals surface area contributed by atoms with Crippen molar-refractivity contribution in [2.45, 2.75) is 12.0 Å². The smallest absolute Gasteiger partial charge is 0.262 e. The van der Waals surface area contributed by atoms with Gasteiger partial charge in [-0.1, -0.05) is 0 Å². The third-order valence-corrected chi connectivity index (χ3v) is 5.14. The number of nitrogens with one attached hydrogen (secondary N) is 1. The molecule has 1 aromatic heterocycles. The van der Waals surface area contributed by atoms with Gasteiger partial charge in [0.15, 0.2) is 11.5 Å². The second kappa shape index (κ2) is 3.92. The van der Waals surface area contributed by atoms with Crippen molar-refractivity contribution in [2.75, 3.05) is 13.4 Å². The molecule has 1 aromatic carbocycles. The van der Waals surface area contributed by atoms with Gasteiger partial charge < -0.3 is 19.5 Å². The molecule has 0 fully saturated rings. The molecule has 0 radical (unpaired) electrons. The molecule has 2 aromatic rings. The average Bonchev–Trinajstić information content (AvgIpc) is 3.13. The molecule has 5 rings (SSSR count).